The topological polar surface area (TPSA) is 76.7 Å². The number of aliphatic hydroxyl groups is 1. The van der Waals surface area contributed by atoms with Crippen LogP contribution in [0.4, 0.5) is 26.3 Å². The van der Waals surface area contributed by atoms with Crippen LogP contribution in [0.2, 0.25) is 0 Å². The van der Waals surface area contributed by atoms with E-state index in [4.69, 9.17) is 0 Å². The van der Waals surface area contributed by atoms with Crippen LogP contribution in [-0.4, -0.2) is 30.3 Å². The van der Waals surface area contributed by atoms with Gasteiger partial charge in [0.25, 0.3) is 0 Å². The minimum atomic E-state index is -4.22. The van der Waals surface area contributed by atoms with Gasteiger partial charge >= 0.3 is 5.92 Å². The molecule has 178 valence electrons. The molecule has 0 aliphatic carbocycles. The molecule has 0 spiro atoms. The fraction of sp³-hybridized carbons (Fsp3) is 0.130. The first-order valence-corrected chi connectivity index (χ1v) is 9.80. The Labute approximate surface area is 193 Å². The Morgan fingerprint density at radius 3 is 2.23 bits per heavy atom. The number of tetrazole rings is 1. The van der Waals surface area contributed by atoms with Crippen molar-refractivity contribution in [2.24, 2.45) is 0 Å². The zero-order chi connectivity index (χ0) is 25.2. The maximum absolute atomic E-state index is 15.7. The van der Waals surface area contributed by atoms with Crippen molar-refractivity contribution < 1.29 is 31.4 Å². The molecule has 2 heterocycles. The van der Waals surface area contributed by atoms with Crippen LogP contribution in [0.5, 0.6) is 0 Å². The van der Waals surface area contributed by atoms with E-state index < -0.39 is 52.6 Å². The van der Waals surface area contributed by atoms with E-state index in [1.54, 1.807) is 0 Å². The second-order valence-electron chi connectivity index (χ2n) is 7.38. The maximum Gasteiger partial charge on any atom is 0.323 e. The molecule has 1 unspecified atom stereocenters. The van der Waals surface area contributed by atoms with Crippen molar-refractivity contribution in [3.63, 3.8) is 0 Å². The van der Waals surface area contributed by atoms with Gasteiger partial charge in [0.15, 0.2) is 17.2 Å². The van der Waals surface area contributed by atoms with Gasteiger partial charge in [0.2, 0.25) is 0 Å². The second-order valence-corrected chi connectivity index (χ2v) is 7.38. The number of halogens is 6. The molecule has 0 aliphatic rings. The molecule has 0 radical (unpaired) electrons. The third-order valence-electron chi connectivity index (χ3n) is 5.03. The molecule has 2 aromatic heterocycles. The summed E-state index contributed by atoms with van der Waals surface area (Å²) in [7, 11) is 0. The van der Waals surface area contributed by atoms with Crippen molar-refractivity contribution in [2.75, 3.05) is 0 Å². The maximum atomic E-state index is 15.7. The highest BCUT2D eigenvalue weighted by molar-refractivity contribution is 5.43. The molecular weight excluding hydrogens is 476 g/mol. The van der Waals surface area contributed by atoms with E-state index in [0.29, 0.717) is 12.1 Å². The van der Waals surface area contributed by atoms with Gasteiger partial charge in [-0.05, 0) is 52.9 Å². The second kappa shape index (κ2) is 9.19. The summed E-state index contributed by atoms with van der Waals surface area (Å²) in [5, 5.41) is 21.2. The molecule has 2 aromatic carbocycles. The lowest BCUT2D eigenvalue weighted by Crippen LogP contribution is -2.48. The van der Waals surface area contributed by atoms with Crippen LogP contribution in [0.15, 0.2) is 61.1 Å². The van der Waals surface area contributed by atoms with Crippen molar-refractivity contribution in [1.82, 2.24) is 25.2 Å². The molecule has 6 nitrogen and oxygen atoms in total. The number of alkyl halides is 2. The van der Waals surface area contributed by atoms with Gasteiger partial charge in [-0.1, -0.05) is 11.8 Å². The summed E-state index contributed by atoms with van der Waals surface area (Å²) >= 11 is 0. The van der Waals surface area contributed by atoms with Crippen molar-refractivity contribution in [3.8, 4) is 11.8 Å². The van der Waals surface area contributed by atoms with Gasteiger partial charge < -0.3 is 5.11 Å². The number of aromatic nitrogens is 5. The minimum absolute atomic E-state index is 0.140. The highest BCUT2D eigenvalue weighted by Gasteiger charge is 2.57. The number of hydrogen-bond acceptors (Lipinski definition) is 5. The first kappa shape index (κ1) is 23.9. The molecular formula is C23H13F6N5O. The van der Waals surface area contributed by atoms with E-state index in [0.717, 1.165) is 47.5 Å². The fourth-order valence-corrected chi connectivity index (χ4v) is 3.25. The first-order valence-electron chi connectivity index (χ1n) is 9.80. The SMILES string of the molecule is OC(Cn1cnnn1)(c1ccc(F)cc1F)C(F)(F)c1ccc(C#Cc2ccc(F)c(F)c2)cn1. The van der Waals surface area contributed by atoms with Gasteiger partial charge in [-0.25, -0.2) is 22.2 Å². The number of nitrogens with zero attached hydrogens (tertiary/aromatic N) is 5. The first-order chi connectivity index (χ1) is 16.6. The zero-order valence-corrected chi connectivity index (χ0v) is 17.4. The quantitative estimate of drug-likeness (QED) is 0.342. The molecule has 4 rings (SSSR count). The van der Waals surface area contributed by atoms with Crippen molar-refractivity contribution in [3.05, 3.63) is 107 Å². The van der Waals surface area contributed by atoms with E-state index >= 15 is 8.78 Å². The van der Waals surface area contributed by atoms with Gasteiger partial charge in [-0.15, -0.1) is 5.10 Å². The van der Waals surface area contributed by atoms with Crippen molar-refractivity contribution >= 4 is 0 Å². The van der Waals surface area contributed by atoms with E-state index in [1.165, 1.54) is 6.07 Å². The van der Waals surface area contributed by atoms with Gasteiger partial charge in [-0.3, -0.25) is 4.98 Å². The van der Waals surface area contributed by atoms with Crippen molar-refractivity contribution in [2.45, 2.75) is 18.1 Å². The molecule has 1 atom stereocenters. The third-order valence-corrected chi connectivity index (χ3v) is 5.03. The molecule has 0 saturated carbocycles. The summed E-state index contributed by atoms with van der Waals surface area (Å²) in [6.07, 6.45) is 1.90. The van der Waals surface area contributed by atoms with Gasteiger partial charge in [0.05, 0.1) is 6.54 Å². The van der Waals surface area contributed by atoms with Gasteiger partial charge in [0, 0.05) is 29.0 Å². The van der Waals surface area contributed by atoms with Gasteiger partial charge in [-0.2, -0.15) is 8.78 Å². The van der Waals surface area contributed by atoms with Crippen LogP contribution in [0.1, 0.15) is 22.4 Å². The summed E-state index contributed by atoms with van der Waals surface area (Å²) in [6, 6.07) is 6.80. The Bertz CT molecular complexity index is 1420. The average Bonchev–Trinajstić information content (AvgIpc) is 3.32. The average molecular weight is 489 g/mol. The normalized spacial score (nSPS) is 13.1. The minimum Gasteiger partial charge on any atom is -0.377 e. The molecule has 0 aliphatic heterocycles. The number of pyridine rings is 1. The Morgan fingerprint density at radius 1 is 0.857 bits per heavy atom. The monoisotopic (exact) mass is 489 g/mol. The van der Waals surface area contributed by atoms with E-state index in [1.807, 2.05) is 0 Å². The summed E-state index contributed by atoms with van der Waals surface area (Å²) < 4.78 is 86.3. The number of rotatable bonds is 5. The molecule has 1 N–H and O–H groups in total. The van der Waals surface area contributed by atoms with E-state index in [2.05, 4.69) is 32.4 Å². The van der Waals surface area contributed by atoms with Crippen LogP contribution < -0.4 is 0 Å². The Morgan fingerprint density at radius 2 is 1.60 bits per heavy atom. The smallest absolute Gasteiger partial charge is 0.323 e. The predicted octanol–water partition coefficient (Wildman–Crippen LogP) is 3.70. The largest absolute Gasteiger partial charge is 0.377 e. The molecule has 35 heavy (non-hydrogen) atoms. The van der Waals surface area contributed by atoms with Crippen LogP contribution in [-0.2, 0) is 18.1 Å². The molecule has 0 amide bonds. The highest BCUT2D eigenvalue weighted by atomic mass is 19.3. The summed E-state index contributed by atoms with van der Waals surface area (Å²) in [4.78, 5) is 3.66. The summed E-state index contributed by atoms with van der Waals surface area (Å²) in [5.41, 5.74) is -4.84. The van der Waals surface area contributed by atoms with Crippen LogP contribution in [0, 0.1) is 35.1 Å². The fourth-order valence-electron chi connectivity index (χ4n) is 3.25. The summed E-state index contributed by atoms with van der Waals surface area (Å²) in [6.45, 7) is -0.991. The van der Waals surface area contributed by atoms with Crippen molar-refractivity contribution in [1.29, 1.82) is 0 Å². The highest BCUT2D eigenvalue weighted by Crippen LogP contribution is 2.46. The Hall–Kier alpha value is -4.24. The van der Waals surface area contributed by atoms with Gasteiger partial charge in [0.1, 0.15) is 23.7 Å². The Balaban J connectivity index is 1.70. The standard InChI is InChI=1S/C23H13F6N5O/c24-16-5-6-17(19(26)10-16)22(35,12-34-13-31-32-33-34)23(28,29)21-8-4-15(11-30-21)2-1-14-3-7-18(25)20(27)9-14/h3-11,13,35H,12H2. The Kier molecular flexibility index (Phi) is 6.27. The lowest BCUT2D eigenvalue weighted by Gasteiger charge is -2.35. The lowest BCUT2D eigenvalue weighted by atomic mass is 9.84. The van der Waals surface area contributed by atoms with Crippen LogP contribution in [0.3, 0.4) is 0 Å². The number of benzene rings is 2. The van der Waals surface area contributed by atoms with E-state index in [-0.39, 0.29) is 11.1 Å². The molecule has 0 fully saturated rings. The molecule has 4 aromatic rings. The van der Waals surface area contributed by atoms with Crippen LogP contribution >= 0.6 is 0 Å². The molecule has 0 bridgehead atoms. The lowest BCUT2D eigenvalue weighted by molar-refractivity contribution is -0.207. The third kappa shape index (κ3) is 4.71. The predicted molar refractivity (Wildman–Crippen MR) is 109 cm³/mol. The van der Waals surface area contributed by atoms with E-state index in [9.17, 15) is 22.7 Å². The zero-order valence-electron chi connectivity index (χ0n) is 17.4. The molecule has 0 saturated heterocycles. The molecule has 12 heteroatoms. The summed E-state index contributed by atoms with van der Waals surface area (Å²) in [5.74, 6) is -3.69. The number of hydrogen-bond donors (Lipinski definition) is 1. The van der Waals surface area contributed by atoms with Crippen LogP contribution in [0.25, 0.3) is 0 Å².